The number of hydrogen-bond donors (Lipinski definition) is 2. The monoisotopic (exact) mass is 358 g/mol. The minimum absolute atomic E-state index is 0.0171. The molecule has 0 bridgehead atoms. The Balaban J connectivity index is 2.01. The Morgan fingerprint density at radius 3 is 2.77 bits per heavy atom. The molecule has 4 aromatic heterocycles. The molecule has 0 unspecified atom stereocenters. The van der Waals surface area contributed by atoms with Crippen molar-refractivity contribution in [3.8, 4) is 11.3 Å². The molecule has 0 aliphatic rings. The quantitative estimate of drug-likeness (QED) is 0.580. The molecule has 0 saturated carbocycles. The first kappa shape index (κ1) is 16.2. The van der Waals surface area contributed by atoms with Crippen molar-refractivity contribution in [2.24, 2.45) is 0 Å². The molecule has 0 amide bonds. The van der Waals surface area contributed by atoms with Gasteiger partial charge < -0.3 is 15.6 Å². The van der Waals surface area contributed by atoms with Gasteiger partial charge in [-0.15, -0.1) is 5.10 Å². The summed E-state index contributed by atoms with van der Waals surface area (Å²) in [5.74, 6) is 0.535. The van der Waals surface area contributed by atoms with Gasteiger partial charge in [0.05, 0.1) is 24.0 Å². The van der Waals surface area contributed by atoms with E-state index in [-0.39, 0.29) is 18.1 Å². The Morgan fingerprint density at radius 2 is 2.04 bits per heavy atom. The van der Waals surface area contributed by atoms with Gasteiger partial charge >= 0.3 is 0 Å². The third kappa shape index (κ3) is 2.33. The number of halogens is 2. The molecule has 26 heavy (non-hydrogen) atoms. The number of fused-ring (bicyclic) bond motifs is 2. The maximum Gasteiger partial charge on any atom is 0.240 e. The van der Waals surface area contributed by atoms with Crippen LogP contribution in [-0.4, -0.2) is 42.9 Å². The average Bonchev–Trinajstić information content (AvgIpc) is 3.10. The van der Waals surface area contributed by atoms with Crippen molar-refractivity contribution in [3.05, 3.63) is 30.0 Å². The van der Waals surface area contributed by atoms with Crippen LogP contribution in [0.1, 0.15) is 5.82 Å². The molecule has 10 heteroatoms. The van der Waals surface area contributed by atoms with Gasteiger partial charge in [-0.25, -0.2) is 23.3 Å². The molecule has 0 aromatic carbocycles. The molecule has 0 aliphatic carbocycles. The number of hydrogen-bond acceptors (Lipinski definition) is 6. The van der Waals surface area contributed by atoms with E-state index in [1.807, 2.05) is 0 Å². The van der Waals surface area contributed by atoms with E-state index >= 15 is 0 Å². The largest absolute Gasteiger partial charge is 0.371 e. The Labute approximate surface area is 146 Å². The molecule has 0 spiro atoms. The molecule has 4 heterocycles. The molecule has 8 nitrogen and oxygen atoms in total. The number of rotatable bonds is 4. The number of alkyl halides is 1. The van der Waals surface area contributed by atoms with Gasteiger partial charge in [0.1, 0.15) is 23.5 Å². The summed E-state index contributed by atoms with van der Waals surface area (Å²) in [5.41, 5.74) is 7.81. The Morgan fingerprint density at radius 1 is 1.23 bits per heavy atom. The zero-order valence-corrected chi connectivity index (χ0v) is 14.2. The van der Waals surface area contributed by atoms with E-state index in [1.165, 1.54) is 10.7 Å². The van der Waals surface area contributed by atoms with Crippen LogP contribution in [0.5, 0.6) is 0 Å². The highest BCUT2D eigenvalue weighted by Crippen LogP contribution is 2.32. The van der Waals surface area contributed by atoms with E-state index in [0.29, 0.717) is 34.0 Å². The number of nitrogens with two attached hydrogens (primary N) is 1. The fourth-order valence-corrected chi connectivity index (χ4v) is 3.09. The van der Waals surface area contributed by atoms with E-state index in [2.05, 4.69) is 25.4 Å². The van der Waals surface area contributed by atoms with Crippen LogP contribution in [0.15, 0.2) is 18.3 Å². The molecule has 0 atom stereocenters. The molecule has 0 saturated heterocycles. The first-order chi connectivity index (χ1) is 12.5. The highest BCUT2D eigenvalue weighted by atomic mass is 19.1. The molecule has 0 radical (unpaired) electrons. The second-order valence-electron chi connectivity index (χ2n) is 5.75. The first-order valence-corrected chi connectivity index (χ1v) is 7.95. The van der Waals surface area contributed by atoms with Crippen molar-refractivity contribution >= 4 is 28.4 Å². The Hall–Kier alpha value is -3.30. The maximum atomic E-state index is 14.7. The van der Waals surface area contributed by atoms with Crippen molar-refractivity contribution in [1.82, 2.24) is 29.1 Å². The van der Waals surface area contributed by atoms with Crippen molar-refractivity contribution in [1.29, 1.82) is 0 Å². The van der Waals surface area contributed by atoms with Gasteiger partial charge in [0, 0.05) is 7.05 Å². The van der Waals surface area contributed by atoms with Gasteiger partial charge in [-0.05, 0) is 19.1 Å². The number of aromatic nitrogens is 6. The molecule has 134 valence electrons. The lowest BCUT2D eigenvalue weighted by atomic mass is 10.1. The SMILES string of the molecule is CNc1nc(N)nn2cc(F)c(-c3ccc4nc(C)n(CCF)c4n3)c12. The van der Waals surface area contributed by atoms with Crippen molar-refractivity contribution < 1.29 is 8.78 Å². The van der Waals surface area contributed by atoms with Gasteiger partial charge in [0.2, 0.25) is 5.95 Å². The van der Waals surface area contributed by atoms with E-state index in [0.717, 1.165) is 0 Å². The third-order valence-electron chi connectivity index (χ3n) is 4.19. The number of nitrogens with one attached hydrogen (secondary N) is 1. The fourth-order valence-electron chi connectivity index (χ4n) is 3.09. The zero-order valence-electron chi connectivity index (χ0n) is 14.2. The summed E-state index contributed by atoms with van der Waals surface area (Å²) in [5, 5.41) is 6.91. The number of nitrogens with zero attached hydrogens (tertiary/aromatic N) is 6. The van der Waals surface area contributed by atoms with Crippen LogP contribution in [0, 0.1) is 12.7 Å². The summed E-state index contributed by atoms with van der Waals surface area (Å²) in [6.07, 6.45) is 1.22. The lowest BCUT2D eigenvalue weighted by Gasteiger charge is -2.07. The number of pyridine rings is 1. The maximum absolute atomic E-state index is 14.7. The Bertz CT molecular complexity index is 1130. The summed E-state index contributed by atoms with van der Waals surface area (Å²) in [6.45, 7) is 1.37. The van der Waals surface area contributed by atoms with Crippen molar-refractivity contribution in [3.63, 3.8) is 0 Å². The molecule has 0 fully saturated rings. The first-order valence-electron chi connectivity index (χ1n) is 7.95. The number of imidazole rings is 1. The van der Waals surface area contributed by atoms with Gasteiger partial charge in [-0.1, -0.05) is 0 Å². The normalized spacial score (nSPS) is 11.5. The Kier molecular flexibility index (Phi) is 3.67. The fraction of sp³-hybridized carbons (Fsp3) is 0.250. The van der Waals surface area contributed by atoms with Crippen molar-refractivity contribution in [2.75, 3.05) is 24.8 Å². The predicted molar refractivity (Wildman–Crippen MR) is 94.1 cm³/mol. The summed E-state index contributed by atoms with van der Waals surface area (Å²) in [7, 11) is 1.66. The highest BCUT2D eigenvalue weighted by molar-refractivity contribution is 5.89. The van der Waals surface area contributed by atoms with E-state index in [1.54, 1.807) is 30.7 Å². The molecule has 4 rings (SSSR count). The van der Waals surface area contributed by atoms with Crippen LogP contribution in [0.25, 0.3) is 27.9 Å². The average molecular weight is 358 g/mol. The number of nitrogen functional groups attached to an aromatic ring is 1. The van der Waals surface area contributed by atoms with Gasteiger partial charge in [0.25, 0.3) is 0 Å². The summed E-state index contributed by atoms with van der Waals surface area (Å²) < 4.78 is 30.6. The summed E-state index contributed by atoms with van der Waals surface area (Å²) in [6, 6.07) is 3.41. The van der Waals surface area contributed by atoms with E-state index in [9.17, 15) is 8.78 Å². The highest BCUT2D eigenvalue weighted by Gasteiger charge is 2.20. The van der Waals surface area contributed by atoms with E-state index < -0.39 is 12.5 Å². The number of anilines is 2. The third-order valence-corrected chi connectivity index (χ3v) is 4.19. The predicted octanol–water partition coefficient (Wildman–Crippen LogP) is 2.18. The lowest BCUT2D eigenvalue weighted by molar-refractivity contribution is 0.445. The minimum Gasteiger partial charge on any atom is -0.371 e. The summed E-state index contributed by atoms with van der Waals surface area (Å²) in [4.78, 5) is 13.0. The molecule has 0 aliphatic heterocycles. The van der Waals surface area contributed by atoms with Crippen LogP contribution in [0.2, 0.25) is 0 Å². The lowest BCUT2D eigenvalue weighted by Crippen LogP contribution is -2.05. The van der Waals surface area contributed by atoms with E-state index in [4.69, 9.17) is 5.73 Å². The van der Waals surface area contributed by atoms with Gasteiger partial charge in [-0.2, -0.15) is 4.98 Å². The molecular weight excluding hydrogens is 342 g/mol. The number of aryl methyl sites for hydroxylation is 2. The second kappa shape index (κ2) is 5.90. The van der Waals surface area contributed by atoms with Gasteiger partial charge in [0.15, 0.2) is 17.3 Å². The standard InChI is InChI=1S/C16H16F2N8/c1-8-21-11-4-3-10(22-15(11)25(8)6-5-17)12-9(18)7-26-13(12)14(20-2)23-16(19)24-26/h3-4,7H,5-6H2,1-2H3,(H3,19,20,23,24). The molecule has 4 aromatic rings. The zero-order chi connectivity index (χ0) is 18.4. The minimum atomic E-state index is -0.543. The van der Waals surface area contributed by atoms with Crippen molar-refractivity contribution in [2.45, 2.75) is 13.5 Å². The molecular formula is C16H16F2N8. The van der Waals surface area contributed by atoms with Crippen LogP contribution in [-0.2, 0) is 6.54 Å². The van der Waals surface area contributed by atoms with Gasteiger partial charge in [-0.3, -0.25) is 0 Å². The topological polar surface area (TPSA) is 99.0 Å². The second-order valence-corrected chi connectivity index (χ2v) is 5.75. The molecule has 3 N–H and O–H groups in total. The van der Waals surface area contributed by atoms with Crippen LogP contribution in [0.3, 0.4) is 0 Å². The van der Waals surface area contributed by atoms with Crippen LogP contribution < -0.4 is 11.1 Å². The van der Waals surface area contributed by atoms with Crippen LogP contribution in [0.4, 0.5) is 20.5 Å². The smallest absolute Gasteiger partial charge is 0.240 e. The van der Waals surface area contributed by atoms with Crippen LogP contribution >= 0.6 is 0 Å². The summed E-state index contributed by atoms with van der Waals surface area (Å²) >= 11 is 0.